The van der Waals surface area contributed by atoms with Crippen LogP contribution in [0.1, 0.15) is 10.4 Å². The zero-order valence-electron chi connectivity index (χ0n) is 16.6. The standard InChI is InChI=1S/C18H20N4O7S2/c1-28-16-4-3-13(18(23)29-2)11-17(16)31(26,27)20-8-10-30(24,25)21-14-6-9-22-15(12-14)5-7-19-22/h3-7,9,11-12,20-21H,8,10H2,1-2H3. The van der Waals surface area contributed by atoms with Crippen molar-refractivity contribution < 1.29 is 31.1 Å². The maximum atomic E-state index is 12.7. The first kappa shape index (κ1) is 22.5. The molecule has 0 unspecified atom stereocenters. The van der Waals surface area contributed by atoms with E-state index in [9.17, 15) is 21.6 Å². The first-order valence-electron chi connectivity index (χ1n) is 8.85. The minimum absolute atomic E-state index is 0.00440. The summed E-state index contributed by atoms with van der Waals surface area (Å²) in [4.78, 5) is 11.4. The molecule has 13 heteroatoms. The Bertz CT molecular complexity index is 1320. The summed E-state index contributed by atoms with van der Waals surface area (Å²) in [6, 6.07) is 8.60. The fourth-order valence-electron chi connectivity index (χ4n) is 2.74. The molecule has 2 heterocycles. The predicted molar refractivity (Wildman–Crippen MR) is 112 cm³/mol. The summed E-state index contributed by atoms with van der Waals surface area (Å²) in [5.41, 5.74) is 1.02. The normalized spacial score (nSPS) is 11.9. The number of nitrogens with zero attached hydrogens (tertiary/aromatic N) is 2. The molecular weight excluding hydrogens is 448 g/mol. The van der Waals surface area contributed by atoms with Gasteiger partial charge in [0.15, 0.2) is 0 Å². The van der Waals surface area contributed by atoms with Crippen LogP contribution < -0.4 is 14.2 Å². The topological polar surface area (TPSA) is 145 Å². The third-order valence-electron chi connectivity index (χ3n) is 4.21. The van der Waals surface area contributed by atoms with Crippen molar-refractivity contribution in [2.45, 2.75) is 4.90 Å². The average molecular weight is 469 g/mol. The number of sulfonamides is 2. The van der Waals surface area contributed by atoms with E-state index < -0.39 is 38.3 Å². The van der Waals surface area contributed by atoms with Crippen LogP contribution in [0.5, 0.6) is 5.75 Å². The first-order valence-corrected chi connectivity index (χ1v) is 12.0. The molecule has 2 aromatic heterocycles. The Balaban J connectivity index is 1.70. The fraction of sp³-hybridized carbons (Fsp3) is 0.222. The van der Waals surface area contributed by atoms with E-state index in [1.807, 2.05) is 0 Å². The van der Waals surface area contributed by atoms with Crippen molar-refractivity contribution in [2.75, 3.05) is 31.2 Å². The van der Waals surface area contributed by atoms with Crippen molar-refractivity contribution in [3.8, 4) is 5.75 Å². The van der Waals surface area contributed by atoms with E-state index >= 15 is 0 Å². The maximum Gasteiger partial charge on any atom is 0.337 e. The monoisotopic (exact) mass is 468 g/mol. The van der Waals surface area contributed by atoms with Gasteiger partial charge in [0, 0.05) is 18.9 Å². The Labute approximate surface area is 179 Å². The third kappa shape index (κ3) is 5.31. The van der Waals surface area contributed by atoms with Crippen LogP contribution in [-0.4, -0.2) is 58.9 Å². The molecule has 0 saturated heterocycles. The number of benzene rings is 1. The van der Waals surface area contributed by atoms with Gasteiger partial charge < -0.3 is 9.47 Å². The van der Waals surface area contributed by atoms with E-state index in [1.165, 1.54) is 32.4 Å². The number of hydrogen-bond acceptors (Lipinski definition) is 8. The van der Waals surface area contributed by atoms with Gasteiger partial charge in [-0.15, -0.1) is 0 Å². The first-order chi connectivity index (χ1) is 14.6. The SMILES string of the molecule is COC(=O)c1ccc(OC)c(S(=O)(=O)NCCS(=O)(=O)Nc2ccn3nccc3c2)c1. The van der Waals surface area contributed by atoms with Crippen LogP contribution in [0, 0.1) is 0 Å². The minimum atomic E-state index is -4.17. The van der Waals surface area contributed by atoms with E-state index in [1.54, 1.807) is 29.0 Å². The molecule has 0 amide bonds. The van der Waals surface area contributed by atoms with E-state index in [0.717, 1.165) is 6.07 Å². The number of esters is 1. The van der Waals surface area contributed by atoms with Crippen molar-refractivity contribution in [2.24, 2.45) is 0 Å². The van der Waals surface area contributed by atoms with Crippen LogP contribution in [-0.2, 0) is 24.8 Å². The molecule has 1 aromatic carbocycles. The molecule has 0 aliphatic rings. The van der Waals surface area contributed by atoms with E-state index in [0.29, 0.717) is 11.2 Å². The largest absolute Gasteiger partial charge is 0.495 e. The summed E-state index contributed by atoms with van der Waals surface area (Å²) in [5.74, 6) is -1.24. The van der Waals surface area contributed by atoms with Crippen LogP contribution >= 0.6 is 0 Å². The molecule has 166 valence electrons. The Morgan fingerprint density at radius 2 is 1.87 bits per heavy atom. The fourth-order valence-corrected chi connectivity index (χ4v) is 5.05. The highest BCUT2D eigenvalue weighted by atomic mass is 32.2. The number of hydrogen-bond donors (Lipinski definition) is 2. The van der Waals surface area contributed by atoms with Gasteiger partial charge in [-0.05, 0) is 36.4 Å². The van der Waals surface area contributed by atoms with Gasteiger partial charge in [0.2, 0.25) is 20.0 Å². The minimum Gasteiger partial charge on any atom is -0.495 e. The number of aromatic nitrogens is 2. The Morgan fingerprint density at radius 3 is 2.58 bits per heavy atom. The van der Waals surface area contributed by atoms with Gasteiger partial charge in [0.25, 0.3) is 0 Å². The quantitative estimate of drug-likeness (QED) is 0.440. The van der Waals surface area contributed by atoms with Crippen molar-refractivity contribution in [1.29, 1.82) is 0 Å². The second kappa shape index (κ2) is 8.91. The number of nitrogens with one attached hydrogen (secondary N) is 2. The molecule has 0 bridgehead atoms. The van der Waals surface area contributed by atoms with Gasteiger partial charge in [-0.25, -0.2) is 30.9 Å². The van der Waals surface area contributed by atoms with E-state index in [2.05, 4.69) is 19.3 Å². The summed E-state index contributed by atoms with van der Waals surface area (Å²) >= 11 is 0. The van der Waals surface area contributed by atoms with Gasteiger partial charge in [-0.2, -0.15) is 5.10 Å². The second-order valence-electron chi connectivity index (χ2n) is 6.29. The van der Waals surface area contributed by atoms with Gasteiger partial charge in [-0.1, -0.05) is 0 Å². The van der Waals surface area contributed by atoms with Crippen LogP contribution in [0.3, 0.4) is 0 Å². The van der Waals surface area contributed by atoms with E-state index in [4.69, 9.17) is 4.74 Å². The number of ether oxygens (including phenoxy) is 2. The predicted octanol–water partition coefficient (Wildman–Crippen LogP) is 0.850. The summed E-state index contributed by atoms with van der Waals surface area (Å²) in [6.45, 7) is -0.405. The number of pyridine rings is 1. The lowest BCUT2D eigenvalue weighted by molar-refractivity contribution is 0.0600. The maximum absolute atomic E-state index is 12.7. The van der Waals surface area contributed by atoms with Crippen molar-refractivity contribution >= 4 is 37.2 Å². The summed E-state index contributed by atoms with van der Waals surface area (Å²) < 4.78 is 65.8. The molecule has 11 nitrogen and oxygen atoms in total. The lowest BCUT2D eigenvalue weighted by atomic mass is 10.2. The van der Waals surface area contributed by atoms with Crippen LogP contribution in [0.2, 0.25) is 0 Å². The van der Waals surface area contributed by atoms with Gasteiger partial charge >= 0.3 is 5.97 Å². The summed E-state index contributed by atoms with van der Waals surface area (Å²) in [5, 5.41) is 4.02. The highest BCUT2D eigenvalue weighted by molar-refractivity contribution is 7.92. The smallest absolute Gasteiger partial charge is 0.337 e. The molecule has 0 saturated carbocycles. The number of carbonyl (C=O) groups is 1. The number of fused-ring (bicyclic) bond motifs is 1. The molecule has 0 radical (unpaired) electrons. The molecule has 3 rings (SSSR count). The van der Waals surface area contributed by atoms with Crippen LogP contribution in [0.4, 0.5) is 5.69 Å². The van der Waals surface area contributed by atoms with Gasteiger partial charge in [0.05, 0.1) is 36.7 Å². The second-order valence-corrected chi connectivity index (χ2v) is 9.87. The molecule has 31 heavy (non-hydrogen) atoms. The lowest BCUT2D eigenvalue weighted by Crippen LogP contribution is -2.31. The average Bonchev–Trinajstić information content (AvgIpc) is 3.19. The Morgan fingerprint density at radius 1 is 1.10 bits per heavy atom. The summed E-state index contributed by atoms with van der Waals surface area (Å²) in [7, 11) is -5.57. The molecular formula is C18H20N4O7S2. The number of methoxy groups -OCH3 is 2. The van der Waals surface area contributed by atoms with Gasteiger partial charge in [-0.3, -0.25) is 4.72 Å². The zero-order valence-corrected chi connectivity index (χ0v) is 18.2. The molecule has 0 atom stereocenters. The number of anilines is 1. The highest BCUT2D eigenvalue weighted by Crippen LogP contribution is 2.25. The van der Waals surface area contributed by atoms with Crippen molar-refractivity contribution in [3.05, 3.63) is 54.4 Å². The number of carbonyl (C=O) groups excluding carboxylic acids is 1. The number of rotatable bonds is 9. The van der Waals surface area contributed by atoms with Crippen molar-refractivity contribution in [1.82, 2.24) is 14.3 Å². The third-order valence-corrected chi connectivity index (χ3v) is 6.98. The Hall–Kier alpha value is -3.16. The van der Waals surface area contributed by atoms with Gasteiger partial charge in [0.1, 0.15) is 10.6 Å². The molecule has 0 spiro atoms. The highest BCUT2D eigenvalue weighted by Gasteiger charge is 2.23. The molecule has 2 N–H and O–H groups in total. The van der Waals surface area contributed by atoms with E-state index in [-0.39, 0.29) is 16.2 Å². The molecule has 3 aromatic rings. The van der Waals surface area contributed by atoms with Crippen LogP contribution in [0.25, 0.3) is 5.52 Å². The Kier molecular flexibility index (Phi) is 6.48. The molecule has 0 aliphatic carbocycles. The zero-order chi connectivity index (χ0) is 22.6. The summed E-state index contributed by atoms with van der Waals surface area (Å²) in [6.07, 6.45) is 3.17. The van der Waals surface area contributed by atoms with Crippen LogP contribution in [0.15, 0.2) is 53.7 Å². The molecule has 0 aliphatic heterocycles. The van der Waals surface area contributed by atoms with Crippen molar-refractivity contribution in [3.63, 3.8) is 0 Å². The lowest BCUT2D eigenvalue weighted by Gasteiger charge is -2.13. The molecule has 0 fully saturated rings.